The second kappa shape index (κ2) is 4.69. The van der Waals surface area contributed by atoms with Crippen LogP contribution in [0.15, 0.2) is 0 Å². The molecular weight excluding hydrogens is 164 g/mol. The molecule has 0 amide bonds. The van der Waals surface area contributed by atoms with Gasteiger partial charge < -0.3 is 10.3 Å². The van der Waals surface area contributed by atoms with Gasteiger partial charge in [-0.1, -0.05) is 0 Å². The van der Waals surface area contributed by atoms with E-state index in [4.69, 9.17) is 5.41 Å². The van der Waals surface area contributed by atoms with Gasteiger partial charge in [0.15, 0.2) is 0 Å². The molecule has 0 bridgehead atoms. The molecule has 0 saturated carbocycles. The van der Waals surface area contributed by atoms with Gasteiger partial charge in [-0.05, 0) is 21.1 Å². The first-order valence-corrected chi connectivity index (χ1v) is 4.70. The molecule has 1 saturated heterocycles. The molecule has 0 radical (unpaired) electrons. The predicted molar refractivity (Wildman–Crippen MR) is 55.4 cm³/mol. The van der Waals surface area contributed by atoms with E-state index >= 15 is 0 Å². The lowest BCUT2D eigenvalue weighted by Crippen LogP contribution is -2.49. The summed E-state index contributed by atoms with van der Waals surface area (Å²) in [5.41, 5.74) is 0.826. The summed E-state index contributed by atoms with van der Waals surface area (Å²) in [6.07, 6.45) is 0. The molecule has 0 aromatic carbocycles. The molecule has 1 aliphatic rings. The van der Waals surface area contributed by atoms with Crippen LogP contribution < -0.4 is 0 Å². The Balaban J connectivity index is 2.29. The van der Waals surface area contributed by atoms with Crippen LogP contribution in [0.1, 0.15) is 0 Å². The molecule has 0 atom stereocenters. The number of hydrogen-bond acceptors (Lipinski definition) is 4. The van der Waals surface area contributed by atoms with Crippen molar-refractivity contribution in [3.8, 4) is 0 Å². The number of nitrogens with zero attached hydrogens (tertiary/aromatic N) is 3. The van der Waals surface area contributed by atoms with E-state index in [1.54, 1.807) is 0 Å². The Bertz CT molecular complexity index is 178. The lowest BCUT2D eigenvalue weighted by molar-refractivity contribution is 0.153. The zero-order valence-electron chi connectivity index (χ0n) is 8.88. The highest BCUT2D eigenvalue weighted by atomic mass is 15.3. The third kappa shape index (κ3) is 3.85. The summed E-state index contributed by atoms with van der Waals surface area (Å²) in [4.78, 5) is 6.67. The Labute approximate surface area is 80.6 Å². The van der Waals surface area contributed by atoms with E-state index in [0.29, 0.717) is 0 Å². The molecule has 1 aliphatic heterocycles. The molecule has 76 valence electrons. The lowest BCUT2D eigenvalue weighted by atomic mass is 10.2. The largest absolute Gasteiger partial charge is 0.308 e. The van der Waals surface area contributed by atoms with Gasteiger partial charge in [0.2, 0.25) is 0 Å². The van der Waals surface area contributed by atoms with E-state index in [-0.39, 0.29) is 0 Å². The van der Waals surface area contributed by atoms with Crippen molar-refractivity contribution in [1.29, 1.82) is 5.41 Å². The minimum Gasteiger partial charge on any atom is -0.308 e. The summed E-state index contributed by atoms with van der Waals surface area (Å²) in [5.74, 6) is 0. The number of rotatable bonds is 3. The van der Waals surface area contributed by atoms with Gasteiger partial charge in [-0.3, -0.25) is 9.80 Å². The average Bonchev–Trinajstić information content (AvgIpc) is 1.99. The fraction of sp³-hybridized carbons (Fsp3) is 0.889. The van der Waals surface area contributed by atoms with E-state index in [0.717, 1.165) is 38.6 Å². The molecule has 4 heteroatoms. The fourth-order valence-electron chi connectivity index (χ4n) is 1.58. The van der Waals surface area contributed by atoms with E-state index in [9.17, 15) is 0 Å². The Morgan fingerprint density at radius 3 is 2.62 bits per heavy atom. The first-order valence-electron chi connectivity index (χ1n) is 4.70. The molecule has 0 aliphatic carbocycles. The normalized spacial score (nSPS) is 21.4. The molecule has 0 aromatic rings. The van der Waals surface area contributed by atoms with Crippen molar-refractivity contribution in [3.05, 3.63) is 0 Å². The second-order valence-corrected chi connectivity index (χ2v) is 4.11. The maximum absolute atomic E-state index is 7.64. The van der Waals surface area contributed by atoms with Crippen molar-refractivity contribution in [3.63, 3.8) is 0 Å². The first-order chi connectivity index (χ1) is 6.08. The van der Waals surface area contributed by atoms with Crippen LogP contribution in [0.4, 0.5) is 0 Å². The molecule has 1 rings (SSSR count). The lowest BCUT2D eigenvalue weighted by Gasteiger charge is -2.34. The first kappa shape index (κ1) is 10.6. The summed E-state index contributed by atoms with van der Waals surface area (Å²) in [5, 5.41) is 7.64. The molecule has 0 aromatic heterocycles. The Morgan fingerprint density at radius 2 is 2.08 bits per heavy atom. The summed E-state index contributed by atoms with van der Waals surface area (Å²) in [6.45, 7) is 4.80. The van der Waals surface area contributed by atoms with Gasteiger partial charge in [0.05, 0.1) is 6.67 Å². The van der Waals surface area contributed by atoms with Gasteiger partial charge in [-0.25, -0.2) is 0 Å². The van der Waals surface area contributed by atoms with Crippen LogP contribution >= 0.6 is 0 Å². The van der Waals surface area contributed by atoms with Gasteiger partial charge in [-0.2, -0.15) is 0 Å². The van der Waals surface area contributed by atoms with Crippen molar-refractivity contribution in [2.24, 2.45) is 0 Å². The van der Waals surface area contributed by atoms with Gasteiger partial charge in [0.25, 0.3) is 0 Å². The number of nitrogens with one attached hydrogen (secondary N) is 1. The molecular formula is C9H20N4. The maximum Gasteiger partial charge on any atom is 0.0511 e. The van der Waals surface area contributed by atoms with Crippen LogP contribution in [0.25, 0.3) is 0 Å². The van der Waals surface area contributed by atoms with Crippen LogP contribution in [0.2, 0.25) is 0 Å². The maximum atomic E-state index is 7.64. The standard InChI is InChI=1S/C9H20N4/c1-11(2)4-5-13-7-9(10)6-12(3)8-13/h10H,4-8H2,1-3H3. The van der Waals surface area contributed by atoms with Crippen molar-refractivity contribution in [2.75, 3.05) is 54.0 Å². The topological polar surface area (TPSA) is 33.6 Å². The van der Waals surface area contributed by atoms with Gasteiger partial charge in [0, 0.05) is 31.9 Å². The highest BCUT2D eigenvalue weighted by Gasteiger charge is 2.17. The minimum atomic E-state index is 0.826. The predicted octanol–water partition coefficient (Wildman–Crippen LogP) is -0.227. The van der Waals surface area contributed by atoms with Crippen molar-refractivity contribution >= 4 is 5.71 Å². The van der Waals surface area contributed by atoms with Crippen LogP contribution in [0, 0.1) is 5.41 Å². The molecule has 1 N–H and O–H groups in total. The third-order valence-corrected chi connectivity index (χ3v) is 2.18. The van der Waals surface area contributed by atoms with Crippen LogP contribution in [-0.2, 0) is 0 Å². The molecule has 0 unspecified atom stereocenters. The van der Waals surface area contributed by atoms with E-state index in [1.165, 1.54) is 0 Å². The second-order valence-electron chi connectivity index (χ2n) is 4.11. The van der Waals surface area contributed by atoms with E-state index in [1.807, 2.05) is 0 Å². The molecule has 1 fully saturated rings. The Hall–Kier alpha value is -0.450. The third-order valence-electron chi connectivity index (χ3n) is 2.18. The minimum absolute atomic E-state index is 0.826. The Morgan fingerprint density at radius 1 is 1.38 bits per heavy atom. The SMILES string of the molecule is CN(C)CCN1CC(=N)CN(C)C1. The summed E-state index contributed by atoms with van der Waals surface area (Å²) >= 11 is 0. The monoisotopic (exact) mass is 184 g/mol. The number of hydrogen-bond donors (Lipinski definition) is 1. The zero-order chi connectivity index (χ0) is 9.84. The van der Waals surface area contributed by atoms with E-state index in [2.05, 4.69) is 35.8 Å². The van der Waals surface area contributed by atoms with Crippen LogP contribution in [-0.4, -0.2) is 74.4 Å². The highest BCUT2D eigenvalue weighted by Crippen LogP contribution is 2.00. The average molecular weight is 184 g/mol. The van der Waals surface area contributed by atoms with Crippen molar-refractivity contribution in [1.82, 2.24) is 14.7 Å². The molecule has 4 nitrogen and oxygen atoms in total. The smallest absolute Gasteiger partial charge is 0.0511 e. The quantitative estimate of drug-likeness (QED) is 0.658. The Kier molecular flexibility index (Phi) is 3.84. The van der Waals surface area contributed by atoms with Crippen LogP contribution in [0.3, 0.4) is 0 Å². The van der Waals surface area contributed by atoms with Gasteiger partial charge in [-0.15, -0.1) is 0 Å². The van der Waals surface area contributed by atoms with Crippen LogP contribution in [0.5, 0.6) is 0 Å². The van der Waals surface area contributed by atoms with Crippen molar-refractivity contribution in [2.45, 2.75) is 0 Å². The van der Waals surface area contributed by atoms with E-state index < -0.39 is 0 Å². The van der Waals surface area contributed by atoms with Gasteiger partial charge >= 0.3 is 0 Å². The summed E-state index contributed by atoms with van der Waals surface area (Å²) in [6, 6.07) is 0. The van der Waals surface area contributed by atoms with Gasteiger partial charge in [0.1, 0.15) is 0 Å². The molecule has 0 spiro atoms. The fourth-order valence-corrected chi connectivity index (χ4v) is 1.58. The highest BCUT2D eigenvalue weighted by molar-refractivity contribution is 5.85. The van der Waals surface area contributed by atoms with Crippen molar-refractivity contribution < 1.29 is 0 Å². The molecule has 1 heterocycles. The summed E-state index contributed by atoms with van der Waals surface area (Å²) < 4.78 is 0. The summed E-state index contributed by atoms with van der Waals surface area (Å²) in [7, 11) is 6.23. The zero-order valence-corrected chi connectivity index (χ0v) is 8.88. The number of likely N-dealkylation sites (N-methyl/N-ethyl adjacent to an activating group) is 1. The molecule has 13 heavy (non-hydrogen) atoms.